The van der Waals surface area contributed by atoms with E-state index in [1.165, 1.54) is 0 Å². The number of fused-ring (bicyclic) bond motifs is 1. The Kier molecular flexibility index (Phi) is 1.81. The molecular weight excluding hydrogens is 218 g/mol. The highest BCUT2D eigenvalue weighted by Gasteiger charge is 2.13. The largest absolute Gasteiger partial charge is 0.506 e. The quantitative estimate of drug-likeness (QED) is 0.687. The van der Waals surface area contributed by atoms with Crippen molar-refractivity contribution in [1.29, 1.82) is 0 Å². The maximum atomic E-state index is 9.52. The number of benzene rings is 1. The Bertz CT molecular complexity index is 335. The normalized spacial score (nSPS) is 14.6. The Morgan fingerprint density at radius 3 is 3.00 bits per heavy atom. The van der Waals surface area contributed by atoms with Crippen molar-refractivity contribution in [2.75, 3.05) is 10.5 Å². The van der Waals surface area contributed by atoms with Crippen LogP contribution in [0.4, 0.5) is 5.69 Å². The maximum Gasteiger partial charge on any atom is 0.140 e. The lowest BCUT2D eigenvalue weighted by atomic mass is 10.1. The fourth-order valence-corrected chi connectivity index (χ4v) is 1.86. The van der Waals surface area contributed by atoms with Gasteiger partial charge in [-0.05, 0) is 6.07 Å². The van der Waals surface area contributed by atoms with Gasteiger partial charge < -0.3 is 9.03 Å². The van der Waals surface area contributed by atoms with Crippen molar-refractivity contribution in [2.24, 2.45) is 0 Å². The SMILES string of the molecule is Oc1cccc2c1N(Br)CC=C2. The molecule has 0 fully saturated rings. The van der Waals surface area contributed by atoms with Crippen LogP contribution in [-0.4, -0.2) is 11.7 Å². The Balaban J connectivity index is 2.62. The van der Waals surface area contributed by atoms with E-state index in [1.54, 1.807) is 6.07 Å². The maximum absolute atomic E-state index is 9.52. The van der Waals surface area contributed by atoms with Crippen LogP contribution in [0.15, 0.2) is 24.3 Å². The Hall–Kier alpha value is -0.960. The van der Waals surface area contributed by atoms with Crippen LogP contribution in [0.3, 0.4) is 0 Å². The van der Waals surface area contributed by atoms with Gasteiger partial charge >= 0.3 is 0 Å². The Morgan fingerprint density at radius 1 is 1.42 bits per heavy atom. The van der Waals surface area contributed by atoms with Gasteiger partial charge in [0.25, 0.3) is 0 Å². The molecule has 2 nitrogen and oxygen atoms in total. The zero-order chi connectivity index (χ0) is 8.55. The van der Waals surface area contributed by atoms with Crippen LogP contribution >= 0.6 is 16.1 Å². The van der Waals surface area contributed by atoms with Gasteiger partial charge in [0.15, 0.2) is 0 Å². The van der Waals surface area contributed by atoms with Gasteiger partial charge in [0.2, 0.25) is 0 Å². The monoisotopic (exact) mass is 225 g/mol. The van der Waals surface area contributed by atoms with E-state index in [-0.39, 0.29) is 0 Å². The summed E-state index contributed by atoms with van der Waals surface area (Å²) >= 11 is 3.36. The summed E-state index contributed by atoms with van der Waals surface area (Å²) < 4.78 is 1.84. The van der Waals surface area contributed by atoms with Gasteiger partial charge in [-0.25, -0.2) is 0 Å². The summed E-state index contributed by atoms with van der Waals surface area (Å²) in [7, 11) is 0. The van der Waals surface area contributed by atoms with Crippen LogP contribution in [0, 0.1) is 0 Å². The number of phenols is 1. The molecule has 62 valence electrons. The predicted molar refractivity (Wildman–Crippen MR) is 53.4 cm³/mol. The number of aromatic hydroxyl groups is 1. The van der Waals surface area contributed by atoms with Gasteiger partial charge in [0.1, 0.15) is 5.75 Å². The molecule has 0 amide bonds. The van der Waals surface area contributed by atoms with E-state index in [0.717, 1.165) is 17.8 Å². The first kappa shape index (κ1) is 7.68. The third-order valence-corrected chi connectivity index (χ3v) is 2.50. The fraction of sp³-hybridized carbons (Fsp3) is 0.111. The van der Waals surface area contributed by atoms with E-state index in [4.69, 9.17) is 0 Å². The lowest BCUT2D eigenvalue weighted by molar-refractivity contribution is 0.476. The number of halogens is 1. The molecule has 1 aliphatic heterocycles. The van der Waals surface area contributed by atoms with Gasteiger partial charge in [0.05, 0.1) is 21.8 Å². The van der Waals surface area contributed by atoms with Crippen molar-refractivity contribution in [3.63, 3.8) is 0 Å². The van der Waals surface area contributed by atoms with Crippen LogP contribution in [-0.2, 0) is 0 Å². The molecule has 0 unspecified atom stereocenters. The number of phenolic OH excluding ortho intramolecular Hbond substituents is 1. The van der Waals surface area contributed by atoms with E-state index >= 15 is 0 Å². The van der Waals surface area contributed by atoms with Crippen molar-refractivity contribution in [3.05, 3.63) is 29.8 Å². The van der Waals surface area contributed by atoms with Crippen molar-refractivity contribution >= 4 is 27.9 Å². The number of para-hydroxylation sites is 1. The first-order valence-electron chi connectivity index (χ1n) is 3.71. The molecule has 12 heavy (non-hydrogen) atoms. The lowest BCUT2D eigenvalue weighted by Crippen LogP contribution is -2.13. The average molecular weight is 226 g/mol. The van der Waals surface area contributed by atoms with Gasteiger partial charge in [-0.1, -0.05) is 24.3 Å². The smallest absolute Gasteiger partial charge is 0.140 e. The molecule has 1 heterocycles. The standard InChI is InChI=1S/C9H8BrNO/c10-11-6-2-4-7-3-1-5-8(12)9(7)11/h1-5,12H,6H2. The van der Waals surface area contributed by atoms with E-state index < -0.39 is 0 Å². The molecule has 1 aliphatic rings. The van der Waals surface area contributed by atoms with E-state index in [9.17, 15) is 5.11 Å². The highest BCUT2D eigenvalue weighted by Crippen LogP contribution is 2.35. The van der Waals surface area contributed by atoms with Crippen LogP contribution < -0.4 is 3.93 Å². The molecule has 0 radical (unpaired) electrons. The van der Waals surface area contributed by atoms with E-state index in [2.05, 4.69) is 16.1 Å². The van der Waals surface area contributed by atoms with Crippen molar-refractivity contribution < 1.29 is 5.11 Å². The molecule has 0 saturated heterocycles. The van der Waals surface area contributed by atoms with E-state index in [0.29, 0.717) is 5.75 Å². The summed E-state index contributed by atoms with van der Waals surface area (Å²) in [5.41, 5.74) is 1.89. The van der Waals surface area contributed by atoms with E-state index in [1.807, 2.05) is 28.2 Å². The number of nitrogens with zero attached hydrogens (tertiary/aromatic N) is 1. The van der Waals surface area contributed by atoms with Gasteiger partial charge in [-0.15, -0.1) is 0 Å². The molecule has 3 heteroatoms. The summed E-state index contributed by atoms with van der Waals surface area (Å²) in [6.45, 7) is 0.782. The van der Waals surface area contributed by atoms with Crippen LogP contribution in [0.1, 0.15) is 5.56 Å². The van der Waals surface area contributed by atoms with Gasteiger partial charge in [0, 0.05) is 12.1 Å². The first-order chi connectivity index (χ1) is 5.79. The highest BCUT2D eigenvalue weighted by atomic mass is 79.9. The zero-order valence-corrected chi connectivity index (χ0v) is 7.95. The molecule has 1 aromatic carbocycles. The number of hydrogen-bond donors (Lipinski definition) is 1. The summed E-state index contributed by atoms with van der Waals surface area (Å²) in [4.78, 5) is 0. The minimum Gasteiger partial charge on any atom is -0.506 e. The summed E-state index contributed by atoms with van der Waals surface area (Å²) in [6, 6.07) is 5.50. The van der Waals surface area contributed by atoms with Gasteiger partial charge in [-0.3, -0.25) is 0 Å². The fourth-order valence-electron chi connectivity index (χ4n) is 1.31. The minimum atomic E-state index is 0.314. The topological polar surface area (TPSA) is 23.5 Å². The van der Waals surface area contributed by atoms with Crippen molar-refractivity contribution in [1.82, 2.24) is 0 Å². The zero-order valence-electron chi connectivity index (χ0n) is 6.37. The molecule has 1 N–H and O–H groups in total. The second-order valence-corrected chi connectivity index (χ2v) is 3.52. The molecule has 0 aromatic heterocycles. The summed E-state index contributed by atoms with van der Waals surface area (Å²) in [5, 5.41) is 9.52. The molecule has 0 atom stereocenters. The number of anilines is 1. The molecule has 0 saturated carbocycles. The second kappa shape index (κ2) is 2.83. The molecule has 0 aliphatic carbocycles. The number of rotatable bonds is 0. The van der Waals surface area contributed by atoms with Crippen molar-refractivity contribution in [3.8, 4) is 5.75 Å². The number of hydrogen-bond acceptors (Lipinski definition) is 2. The molecule has 2 rings (SSSR count). The molecular formula is C9H8BrNO. The minimum absolute atomic E-state index is 0.314. The molecule has 1 aromatic rings. The molecule has 0 bridgehead atoms. The highest BCUT2D eigenvalue weighted by molar-refractivity contribution is 9.10. The van der Waals surface area contributed by atoms with Crippen LogP contribution in [0.25, 0.3) is 6.08 Å². The summed E-state index contributed by atoms with van der Waals surface area (Å²) in [6.07, 6.45) is 4.04. The Morgan fingerprint density at radius 2 is 2.25 bits per heavy atom. The lowest BCUT2D eigenvalue weighted by Gasteiger charge is -2.21. The Labute approximate surface area is 79.5 Å². The second-order valence-electron chi connectivity index (χ2n) is 2.66. The third-order valence-electron chi connectivity index (χ3n) is 1.85. The van der Waals surface area contributed by atoms with Gasteiger partial charge in [-0.2, -0.15) is 0 Å². The first-order valence-corrected chi connectivity index (χ1v) is 4.42. The van der Waals surface area contributed by atoms with Crippen molar-refractivity contribution in [2.45, 2.75) is 0 Å². The predicted octanol–water partition coefficient (Wildman–Crippen LogP) is 2.54. The van der Waals surface area contributed by atoms with Crippen LogP contribution in [0.5, 0.6) is 5.75 Å². The van der Waals surface area contributed by atoms with Crippen LogP contribution in [0.2, 0.25) is 0 Å². The molecule has 0 spiro atoms. The third kappa shape index (κ3) is 1.10. The average Bonchev–Trinajstić information content (AvgIpc) is 2.04. The summed E-state index contributed by atoms with van der Waals surface area (Å²) in [5.74, 6) is 0.314.